The molecule has 0 fully saturated rings. The first-order valence-electron chi connectivity index (χ1n) is 6.82. The van der Waals surface area contributed by atoms with Crippen LogP contribution < -0.4 is 10.1 Å². The van der Waals surface area contributed by atoms with Gasteiger partial charge in [-0.15, -0.1) is 0 Å². The van der Waals surface area contributed by atoms with Crippen molar-refractivity contribution in [3.05, 3.63) is 58.3 Å². The molecule has 0 saturated heterocycles. The highest BCUT2D eigenvalue weighted by Crippen LogP contribution is 2.27. The average Bonchev–Trinajstić information content (AvgIpc) is 2.47. The first kappa shape index (κ1) is 15.0. The van der Waals surface area contributed by atoms with Gasteiger partial charge in [0.15, 0.2) is 0 Å². The van der Waals surface area contributed by atoms with Crippen LogP contribution in [0.4, 0.5) is 0 Å². The Labute approximate surface area is 128 Å². The number of rotatable bonds is 6. The summed E-state index contributed by atoms with van der Waals surface area (Å²) in [6.07, 6.45) is 1.82. The molecule has 20 heavy (non-hydrogen) atoms. The number of pyridine rings is 1. The van der Waals surface area contributed by atoms with Crippen molar-refractivity contribution in [1.29, 1.82) is 0 Å². The molecule has 0 aliphatic heterocycles. The van der Waals surface area contributed by atoms with Crippen LogP contribution in [0.2, 0.25) is 0 Å². The van der Waals surface area contributed by atoms with Crippen LogP contribution in [-0.2, 0) is 0 Å². The van der Waals surface area contributed by atoms with Gasteiger partial charge < -0.3 is 10.1 Å². The molecule has 3 nitrogen and oxygen atoms in total. The molecule has 2 rings (SSSR count). The van der Waals surface area contributed by atoms with E-state index in [0.29, 0.717) is 6.61 Å². The molecule has 1 N–H and O–H groups in total. The van der Waals surface area contributed by atoms with E-state index in [1.807, 2.05) is 37.4 Å². The van der Waals surface area contributed by atoms with Crippen LogP contribution in [0.3, 0.4) is 0 Å². The molecule has 0 aliphatic rings. The molecule has 0 spiro atoms. The normalized spacial score (nSPS) is 12.2. The fraction of sp³-hybridized carbons (Fsp3) is 0.312. The van der Waals surface area contributed by atoms with E-state index < -0.39 is 0 Å². The van der Waals surface area contributed by atoms with E-state index in [-0.39, 0.29) is 6.04 Å². The first-order chi connectivity index (χ1) is 9.76. The molecule has 0 saturated carbocycles. The lowest BCUT2D eigenvalue weighted by molar-refractivity contribution is 0.340. The monoisotopic (exact) mass is 334 g/mol. The van der Waals surface area contributed by atoms with Crippen LogP contribution >= 0.6 is 15.9 Å². The van der Waals surface area contributed by atoms with Crippen molar-refractivity contribution < 1.29 is 4.74 Å². The summed E-state index contributed by atoms with van der Waals surface area (Å²) >= 11 is 3.58. The number of nitrogens with one attached hydrogen (secondary N) is 1. The Morgan fingerprint density at radius 2 is 1.95 bits per heavy atom. The molecule has 1 heterocycles. The Balaban J connectivity index is 2.31. The predicted molar refractivity (Wildman–Crippen MR) is 85.1 cm³/mol. The highest BCUT2D eigenvalue weighted by atomic mass is 79.9. The average molecular weight is 335 g/mol. The van der Waals surface area contributed by atoms with Crippen molar-refractivity contribution in [2.75, 3.05) is 13.2 Å². The summed E-state index contributed by atoms with van der Waals surface area (Å²) in [6.45, 7) is 5.64. The zero-order chi connectivity index (χ0) is 14.4. The number of nitrogens with zero attached hydrogens (tertiary/aromatic N) is 1. The predicted octanol–water partition coefficient (Wildman–Crippen LogP) is 3.94. The van der Waals surface area contributed by atoms with Crippen molar-refractivity contribution in [3.8, 4) is 5.75 Å². The SMILES string of the molecule is CCNC(c1ccc(OCC)cc1)c1ncccc1Br. The summed E-state index contributed by atoms with van der Waals surface area (Å²) in [5.41, 5.74) is 2.17. The smallest absolute Gasteiger partial charge is 0.119 e. The molecule has 1 aromatic heterocycles. The number of hydrogen-bond acceptors (Lipinski definition) is 3. The van der Waals surface area contributed by atoms with E-state index in [1.54, 1.807) is 0 Å². The lowest BCUT2D eigenvalue weighted by Crippen LogP contribution is -2.23. The standard InChI is InChI=1S/C16H19BrN2O/c1-3-18-15(16-14(17)6-5-11-19-16)12-7-9-13(10-8-12)20-4-2/h5-11,15,18H,3-4H2,1-2H3. The maximum absolute atomic E-state index is 5.48. The van der Waals surface area contributed by atoms with Crippen molar-refractivity contribution in [2.45, 2.75) is 19.9 Å². The van der Waals surface area contributed by atoms with Gasteiger partial charge in [-0.3, -0.25) is 4.98 Å². The lowest BCUT2D eigenvalue weighted by Gasteiger charge is -2.19. The largest absolute Gasteiger partial charge is 0.494 e. The molecular weight excluding hydrogens is 316 g/mol. The van der Waals surface area contributed by atoms with E-state index in [4.69, 9.17) is 4.74 Å². The van der Waals surface area contributed by atoms with Gasteiger partial charge in [-0.1, -0.05) is 19.1 Å². The van der Waals surface area contributed by atoms with E-state index in [2.05, 4.69) is 45.3 Å². The van der Waals surface area contributed by atoms with Crippen molar-refractivity contribution in [2.24, 2.45) is 0 Å². The summed E-state index contributed by atoms with van der Waals surface area (Å²) in [6, 6.07) is 12.2. The van der Waals surface area contributed by atoms with E-state index in [0.717, 1.165) is 22.5 Å². The van der Waals surface area contributed by atoms with Gasteiger partial charge in [-0.25, -0.2) is 0 Å². The van der Waals surface area contributed by atoms with E-state index >= 15 is 0 Å². The van der Waals surface area contributed by atoms with Gasteiger partial charge in [-0.2, -0.15) is 0 Å². The molecule has 0 radical (unpaired) electrons. The van der Waals surface area contributed by atoms with E-state index in [1.165, 1.54) is 5.56 Å². The number of ether oxygens (including phenoxy) is 1. The van der Waals surface area contributed by atoms with Crippen molar-refractivity contribution in [1.82, 2.24) is 10.3 Å². The Hall–Kier alpha value is -1.39. The highest BCUT2D eigenvalue weighted by molar-refractivity contribution is 9.10. The quantitative estimate of drug-likeness (QED) is 0.868. The van der Waals surface area contributed by atoms with Gasteiger partial charge in [0.25, 0.3) is 0 Å². The summed E-state index contributed by atoms with van der Waals surface area (Å²) < 4.78 is 6.50. The minimum atomic E-state index is 0.0752. The molecule has 1 aromatic carbocycles. The molecule has 1 unspecified atom stereocenters. The second-order valence-corrected chi connectivity index (χ2v) is 5.22. The van der Waals surface area contributed by atoms with Crippen LogP contribution in [0, 0.1) is 0 Å². The van der Waals surface area contributed by atoms with E-state index in [9.17, 15) is 0 Å². The maximum Gasteiger partial charge on any atom is 0.119 e. The molecule has 4 heteroatoms. The van der Waals surface area contributed by atoms with Gasteiger partial charge >= 0.3 is 0 Å². The number of aromatic nitrogens is 1. The minimum Gasteiger partial charge on any atom is -0.494 e. The number of hydrogen-bond donors (Lipinski definition) is 1. The Morgan fingerprint density at radius 1 is 1.20 bits per heavy atom. The third kappa shape index (κ3) is 3.58. The summed E-state index contributed by atoms with van der Waals surface area (Å²) in [5, 5.41) is 3.47. The summed E-state index contributed by atoms with van der Waals surface area (Å²) in [7, 11) is 0. The Kier molecular flexibility index (Phi) is 5.56. The molecular formula is C16H19BrN2O. The van der Waals surface area contributed by atoms with Crippen LogP contribution in [0.1, 0.15) is 31.1 Å². The molecule has 2 aromatic rings. The molecule has 106 valence electrons. The van der Waals surface area contributed by atoms with Gasteiger partial charge in [0, 0.05) is 10.7 Å². The highest BCUT2D eigenvalue weighted by Gasteiger charge is 2.16. The fourth-order valence-electron chi connectivity index (χ4n) is 2.11. The summed E-state index contributed by atoms with van der Waals surface area (Å²) in [5.74, 6) is 0.895. The number of halogens is 1. The lowest BCUT2D eigenvalue weighted by atomic mass is 10.0. The Bertz CT molecular complexity index is 542. The second kappa shape index (κ2) is 7.41. The molecule has 1 atom stereocenters. The fourth-order valence-corrected chi connectivity index (χ4v) is 2.59. The second-order valence-electron chi connectivity index (χ2n) is 4.36. The van der Waals surface area contributed by atoms with Crippen molar-refractivity contribution >= 4 is 15.9 Å². The molecule has 0 aliphatic carbocycles. The van der Waals surface area contributed by atoms with Gasteiger partial charge in [0.05, 0.1) is 18.3 Å². The van der Waals surface area contributed by atoms with Gasteiger partial charge in [-0.05, 0) is 59.2 Å². The minimum absolute atomic E-state index is 0.0752. The third-order valence-corrected chi connectivity index (χ3v) is 3.66. The molecule has 0 amide bonds. The zero-order valence-corrected chi connectivity index (χ0v) is 13.4. The molecule has 0 bridgehead atoms. The number of benzene rings is 1. The van der Waals surface area contributed by atoms with Gasteiger partial charge in [0.1, 0.15) is 5.75 Å². The van der Waals surface area contributed by atoms with Crippen LogP contribution in [-0.4, -0.2) is 18.1 Å². The van der Waals surface area contributed by atoms with Gasteiger partial charge in [0.2, 0.25) is 0 Å². The topological polar surface area (TPSA) is 34.1 Å². The zero-order valence-electron chi connectivity index (χ0n) is 11.8. The summed E-state index contributed by atoms with van der Waals surface area (Å²) in [4.78, 5) is 4.49. The third-order valence-electron chi connectivity index (χ3n) is 2.99. The maximum atomic E-state index is 5.48. The Morgan fingerprint density at radius 3 is 2.55 bits per heavy atom. The van der Waals surface area contributed by atoms with Crippen LogP contribution in [0.5, 0.6) is 5.75 Å². The van der Waals surface area contributed by atoms with Crippen LogP contribution in [0.15, 0.2) is 47.1 Å². The first-order valence-corrected chi connectivity index (χ1v) is 7.62. The van der Waals surface area contributed by atoms with Crippen molar-refractivity contribution in [3.63, 3.8) is 0 Å². The van der Waals surface area contributed by atoms with Crippen LogP contribution in [0.25, 0.3) is 0 Å².